The van der Waals surface area contributed by atoms with Gasteiger partial charge >= 0.3 is 5.97 Å². The molecule has 1 aliphatic carbocycles. The molecule has 0 aliphatic heterocycles. The molecule has 1 heterocycles. The lowest BCUT2D eigenvalue weighted by atomic mass is 10.2. The van der Waals surface area contributed by atoms with Gasteiger partial charge in [-0.3, -0.25) is 9.69 Å². The average Bonchev–Trinajstić information content (AvgIpc) is 3.03. The van der Waals surface area contributed by atoms with E-state index in [2.05, 4.69) is 9.88 Å². The minimum absolute atomic E-state index is 0.202. The summed E-state index contributed by atoms with van der Waals surface area (Å²) in [6, 6.07) is 0.439. The summed E-state index contributed by atoms with van der Waals surface area (Å²) in [5.41, 5.74) is 0. The molecule has 0 unspecified atom stereocenters. The first-order valence-electron chi connectivity index (χ1n) is 6.58. The molecule has 0 aromatic carbocycles. The maximum absolute atomic E-state index is 11.5. The van der Waals surface area contributed by atoms with E-state index in [9.17, 15) is 4.79 Å². The molecule has 0 N–H and O–H groups in total. The summed E-state index contributed by atoms with van der Waals surface area (Å²) in [6.07, 6.45) is 6.36. The van der Waals surface area contributed by atoms with Crippen molar-refractivity contribution < 1.29 is 9.53 Å². The molecule has 0 radical (unpaired) electrons. The normalized spacial score (nSPS) is 16.2. The summed E-state index contributed by atoms with van der Waals surface area (Å²) in [5.74, 6) is 0.674. The Hall–Kier alpha value is -1.07. The van der Waals surface area contributed by atoms with Crippen LogP contribution >= 0.6 is 11.6 Å². The van der Waals surface area contributed by atoms with Crippen molar-refractivity contribution in [2.45, 2.75) is 38.3 Å². The van der Waals surface area contributed by atoms with E-state index >= 15 is 0 Å². The second-order valence-corrected chi connectivity index (χ2v) is 5.36. The van der Waals surface area contributed by atoms with Crippen LogP contribution in [0.3, 0.4) is 0 Å². The van der Waals surface area contributed by atoms with Crippen molar-refractivity contribution in [2.75, 3.05) is 13.7 Å². The Labute approximate surface area is 118 Å². The number of hydrogen-bond acceptors (Lipinski definition) is 4. The van der Waals surface area contributed by atoms with E-state index in [4.69, 9.17) is 16.3 Å². The van der Waals surface area contributed by atoms with Crippen LogP contribution < -0.4 is 0 Å². The fraction of sp³-hybridized carbons (Fsp3) is 0.692. The number of halogens is 1. The first kappa shape index (κ1) is 14.3. The van der Waals surface area contributed by atoms with E-state index < -0.39 is 0 Å². The minimum atomic E-state index is -0.202. The monoisotopic (exact) mass is 285 g/mol. The van der Waals surface area contributed by atoms with Crippen molar-refractivity contribution in [1.29, 1.82) is 0 Å². The van der Waals surface area contributed by atoms with Crippen LogP contribution in [0.5, 0.6) is 0 Å². The molecule has 0 atom stereocenters. The predicted molar refractivity (Wildman–Crippen MR) is 72.9 cm³/mol. The molecule has 0 saturated heterocycles. The summed E-state index contributed by atoms with van der Waals surface area (Å²) < 4.78 is 6.63. The van der Waals surface area contributed by atoms with Gasteiger partial charge in [-0.1, -0.05) is 24.4 Å². The third kappa shape index (κ3) is 3.48. The predicted octanol–water partition coefficient (Wildman–Crippen LogP) is 1.99. The highest BCUT2D eigenvalue weighted by Gasteiger charge is 2.26. The summed E-state index contributed by atoms with van der Waals surface area (Å²) in [6.45, 7) is 0.939. The Morgan fingerprint density at radius 1 is 1.58 bits per heavy atom. The van der Waals surface area contributed by atoms with Crippen molar-refractivity contribution in [3.05, 3.63) is 17.2 Å². The van der Waals surface area contributed by atoms with Crippen LogP contribution in [0.25, 0.3) is 0 Å². The number of imidazole rings is 1. The largest absolute Gasteiger partial charge is 0.468 e. The van der Waals surface area contributed by atoms with Gasteiger partial charge in [-0.05, 0) is 12.8 Å². The number of hydrogen-bond donors (Lipinski definition) is 0. The minimum Gasteiger partial charge on any atom is -0.468 e. The lowest BCUT2D eigenvalue weighted by Gasteiger charge is -2.27. The van der Waals surface area contributed by atoms with Gasteiger partial charge in [0.15, 0.2) is 0 Å². The van der Waals surface area contributed by atoms with E-state index in [1.54, 1.807) is 6.20 Å². The average molecular weight is 286 g/mol. The molecule has 0 spiro atoms. The van der Waals surface area contributed by atoms with Crippen LogP contribution in [0.4, 0.5) is 0 Å². The van der Waals surface area contributed by atoms with Crippen LogP contribution in [0.2, 0.25) is 5.15 Å². The highest BCUT2D eigenvalue weighted by molar-refractivity contribution is 6.29. The molecule has 1 aromatic heterocycles. The topological polar surface area (TPSA) is 47.4 Å². The van der Waals surface area contributed by atoms with Crippen molar-refractivity contribution in [1.82, 2.24) is 14.5 Å². The Bertz CT molecular complexity index is 441. The van der Waals surface area contributed by atoms with Gasteiger partial charge < -0.3 is 9.30 Å². The van der Waals surface area contributed by atoms with Crippen LogP contribution in [-0.2, 0) is 23.1 Å². The standard InChI is InChI=1S/C13H20ClN3O2/c1-16-11(14)7-15-12(16)8-17(9-13(18)19-2)10-5-3-4-6-10/h7,10H,3-6,8-9H2,1-2H3. The molecule has 6 heteroatoms. The second kappa shape index (κ2) is 6.39. The van der Waals surface area contributed by atoms with Crippen LogP contribution in [0.1, 0.15) is 31.5 Å². The maximum atomic E-state index is 11.5. The van der Waals surface area contributed by atoms with E-state index in [1.165, 1.54) is 20.0 Å². The Morgan fingerprint density at radius 3 is 2.79 bits per heavy atom. The Balaban J connectivity index is 2.08. The summed E-state index contributed by atoms with van der Waals surface area (Å²) in [4.78, 5) is 18.0. The lowest BCUT2D eigenvalue weighted by Crippen LogP contribution is -2.38. The fourth-order valence-corrected chi connectivity index (χ4v) is 2.71. The number of carbonyl (C=O) groups excluding carboxylic acids is 1. The molecule has 1 fully saturated rings. The van der Waals surface area contributed by atoms with Crippen molar-refractivity contribution in [2.24, 2.45) is 7.05 Å². The summed E-state index contributed by atoms with van der Waals surface area (Å²) >= 11 is 6.00. The quantitative estimate of drug-likeness (QED) is 0.776. The molecule has 19 heavy (non-hydrogen) atoms. The van der Waals surface area contributed by atoms with E-state index in [-0.39, 0.29) is 5.97 Å². The molecular formula is C13H20ClN3O2. The number of methoxy groups -OCH3 is 1. The highest BCUT2D eigenvalue weighted by atomic mass is 35.5. The molecule has 1 aliphatic rings. The van der Waals surface area contributed by atoms with Crippen molar-refractivity contribution in [3.63, 3.8) is 0 Å². The molecular weight excluding hydrogens is 266 g/mol. The van der Waals surface area contributed by atoms with Crippen molar-refractivity contribution in [3.8, 4) is 0 Å². The van der Waals surface area contributed by atoms with Crippen LogP contribution in [0, 0.1) is 0 Å². The van der Waals surface area contributed by atoms with E-state index in [1.807, 2.05) is 11.6 Å². The second-order valence-electron chi connectivity index (χ2n) is 4.98. The molecule has 1 aromatic rings. The number of ether oxygens (including phenoxy) is 1. The maximum Gasteiger partial charge on any atom is 0.319 e. The van der Waals surface area contributed by atoms with E-state index in [0.29, 0.717) is 24.3 Å². The number of carbonyl (C=O) groups is 1. The Morgan fingerprint density at radius 2 is 2.26 bits per heavy atom. The number of aromatic nitrogens is 2. The number of rotatable bonds is 5. The lowest BCUT2D eigenvalue weighted by molar-refractivity contribution is -0.142. The van der Waals surface area contributed by atoms with E-state index in [0.717, 1.165) is 18.7 Å². The number of esters is 1. The van der Waals surface area contributed by atoms with Gasteiger partial charge in [0, 0.05) is 13.1 Å². The van der Waals surface area contributed by atoms with Crippen LogP contribution in [-0.4, -0.2) is 40.1 Å². The zero-order chi connectivity index (χ0) is 13.8. The molecule has 1 saturated carbocycles. The zero-order valence-electron chi connectivity index (χ0n) is 11.4. The first-order valence-corrected chi connectivity index (χ1v) is 6.96. The van der Waals surface area contributed by atoms with Gasteiger partial charge in [-0.15, -0.1) is 0 Å². The van der Waals surface area contributed by atoms with Gasteiger partial charge in [0.05, 0.1) is 26.4 Å². The Kier molecular flexibility index (Phi) is 4.82. The molecule has 106 valence electrons. The highest BCUT2D eigenvalue weighted by Crippen LogP contribution is 2.25. The van der Waals surface area contributed by atoms with Gasteiger partial charge in [0.25, 0.3) is 0 Å². The van der Waals surface area contributed by atoms with Gasteiger partial charge in [0.1, 0.15) is 11.0 Å². The summed E-state index contributed by atoms with van der Waals surface area (Å²) in [7, 11) is 3.31. The molecule has 5 nitrogen and oxygen atoms in total. The summed E-state index contributed by atoms with van der Waals surface area (Å²) in [5, 5.41) is 0.611. The van der Waals surface area contributed by atoms with Gasteiger partial charge in [-0.25, -0.2) is 4.98 Å². The first-order chi connectivity index (χ1) is 9.11. The molecule has 0 amide bonds. The fourth-order valence-electron chi connectivity index (χ4n) is 2.57. The smallest absolute Gasteiger partial charge is 0.319 e. The zero-order valence-corrected chi connectivity index (χ0v) is 12.2. The van der Waals surface area contributed by atoms with Crippen LogP contribution in [0.15, 0.2) is 6.20 Å². The SMILES string of the molecule is COC(=O)CN(Cc1ncc(Cl)n1C)C1CCCC1. The number of nitrogens with zero attached hydrogens (tertiary/aromatic N) is 3. The van der Waals surface area contributed by atoms with Gasteiger partial charge in [-0.2, -0.15) is 0 Å². The molecule has 2 rings (SSSR count). The third-order valence-corrected chi connectivity index (χ3v) is 4.12. The van der Waals surface area contributed by atoms with Crippen molar-refractivity contribution >= 4 is 17.6 Å². The third-order valence-electron chi connectivity index (χ3n) is 3.77. The molecule has 0 bridgehead atoms. The van der Waals surface area contributed by atoms with Gasteiger partial charge in [0.2, 0.25) is 0 Å².